The zero-order valence-electron chi connectivity index (χ0n) is 12.6. The third kappa shape index (κ3) is 7.30. The molecule has 0 nitrogen and oxygen atoms in total. The summed E-state index contributed by atoms with van der Waals surface area (Å²) in [5, 5.41) is 0. The highest BCUT2D eigenvalue weighted by atomic mass is 14.2. The van der Waals surface area contributed by atoms with Crippen LogP contribution in [0, 0.1) is 23.7 Å². The third-order valence-electron chi connectivity index (χ3n) is 4.06. The zero-order valence-corrected chi connectivity index (χ0v) is 12.6. The monoisotopic (exact) mass is 226 g/mol. The van der Waals surface area contributed by atoms with Gasteiger partial charge in [-0.2, -0.15) is 0 Å². The van der Waals surface area contributed by atoms with Crippen LogP contribution in [-0.4, -0.2) is 0 Å². The molecule has 0 aliphatic heterocycles. The van der Waals surface area contributed by atoms with Crippen LogP contribution >= 0.6 is 0 Å². The number of hydrogen-bond donors (Lipinski definition) is 0. The van der Waals surface area contributed by atoms with E-state index in [9.17, 15) is 0 Å². The summed E-state index contributed by atoms with van der Waals surface area (Å²) in [6, 6.07) is 0. The van der Waals surface area contributed by atoms with Crippen LogP contribution in [0.2, 0.25) is 0 Å². The van der Waals surface area contributed by atoms with Crippen molar-refractivity contribution in [2.75, 3.05) is 0 Å². The maximum absolute atomic E-state index is 2.41. The summed E-state index contributed by atoms with van der Waals surface area (Å²) < 4.78 is 0. The lowest BCUT2D eigenvalue weighted by atomic mass is 9.81. The molecule has 0 rings (SSSR count). The van der Waals surface area contributed by atoms with Gasteiger partial charge < -0.3 is 0 Å². The van der Waals surface area contributed by atoms with Gasteiger partial charge in [0.2, 0.25) is 0 Å². The molecule has 98 valence electrons. The van der Waals surface area contributed by atoms with Crippen LogP contribution in [0.25, 0.3) is 0 Å². The first-order valence-electron chi connectivity index (χ1n) is 7.53. The first kappa shape index (κ1) is 16.0. The first-order chi connectivity index (χ1) is 7.53. The summed E-state index contributed by atoms with van der Waals surface area (Å²) in [7, 11) is 0. The van der Waals surface area contributed by atoms with Gasteiger partial charge in [0.05, 0.1) is 0 Å². The van der Waals surface area contributed by atoms with Gasteiger partial charge in [0, 0.05) is 0 Å². The van der Waals surface area contributed by atoms with Crippen LogP contribution in [0.5, 0.6) is 0 Å². The van der Waals surface area contributed by atoms with Gasteiger partial charge in [0.25, 0.3) is 0 Å². The minimum Gasteiger partial charge on any atom is -0.0651 e. The molecule has 0 aromatic heterocycles. The quantitative estimate of drug-likeness (QED) is 0.458. The molecule has 0 N–H and O–H groups in total. The zero-order chi connectivity index (χ0) is 12.6. The minimum atomic E-state index is 0.867. The molecule has 0 aliphatic rings. The second-order valence-corrected chi connectivity index (χ2v) is 6.16. The normalized spacial score (nSPS) is 17.4. The Morgan fingerprint density at radius 3 is 1.50 bits per heavy atom. The lowest BCUT2D eigenvalue weighted by Crippen LogP contribution is -2.13. The van der Waals surface area contributed by atoms with E-state index < -0.39 is 0 Å². The van der Waals surface area contributed by atoms with E-state index in [0.717, 1.165) is 23.7 Å². The Balaban J connectivity index is 4.05. The van der Waals surface area contributed by atoms with Crippen molar-refractivity contribution < 1.29 is 0 Å². The lowest BCUT2D eigenvalue weighted by Gasteiger charge is -2.25. The Bertz CT molecular complexity index is 148. The summed E-state index contributed by atoms with van der Waals surface area (Å²) in [5.41, 5.74) is 0. The minimum absolute atomic E-state index is 0.867. The summed E-state index contributed by atoms with van der Waals surface area (Å²) >= 11 is 0. The van der Waals surface area contributed by atoms with E-state index >= 15 is 0 Å². The molecule has 0 aromatic carbocycles. The smallest absolute Gasteiger partial charge is 0.0412 e. The van der Waals surface area contributed by atoms with Gasteiger partial charge in [-0.1, -0.05) is 60.8 Å². The third-order valence-corrected chi connectivity index (χ3v) is 4.06. The summed E-state index contributed by atoms with van der Waals surface area (Å²) in [6.07, 6.45) is 8.43. The predicted octanol–water partition coefficient (Wildman–Crippen LogP) is 5.91. The van der Waals surface area contributed by atoms with Crippen molar-refractivity contribution >= 4 is 0 Å². The molecule has 0 radical (unpaired) electrons. The van der Waals surface area contributed by atoms with E-state index in [1.165, 1.54) is 38.5 Å². The Hall–Kier alpha value is 0. The second-order valence-electron chi connectivity index (χ2n) is 6.16. The van der Waals surface area contributed by atoms with Gasteiger partial charge in [-0.05, 0) is 42.9 Å². The molecule has 0 spiro atoms. The SMILES string of the molecule is CCC(C)CC(CC)CC(CC)CC(C)C. The van der Waals surface area contributed by atoms with Crippen LogP contribution in [0.15, 0.2) is 0 Å². The van der Waals surface area contributed by atoms with E-state index in [-0.39, 0.29) is 0 Å². The predicted molar refractivity (Wildman–Crippen MR) is 75.7 cm³/mol. The molecule has 0 fully saturated rings. The van der Waals surface area contributed by atoms with Crippen molar-refractivity contribution in [3.63, 3.8) is 0 Å². The highest BCUT2D eigenvalue weighted by Crippen LogP contribution is 2.29. The largest absolute Gasteiger partial charge is 0.0651 e. The standard InChI is InChI=1S/C16H34/c1-7-14(6)11-16(9-3)12-15(8-2)10-13(4)5/h13-16H,7-12H2,1-6H3. The molecule has 0 saturated carbocycles. The fourth-order valence-corrected chi connectivity index (χ4v) is 2.73. The van der Waals surface area contributed by atoms with Crippen LogP contribution in [0.3, 0.4) is 0 Å². The fourth-order valence-electron chi connectivity index (χ4n) is 2.73. The van der Waals surface area contributed by atoms with E-state index in [1.54, 1.807) is 0 Å². The van der Waals surface area contributed by atoms with Crippen LogP contribution in [0.1, 0.15) is 80.1 Å². The number of rotatable bonds is 9. The van der Waals surface area contributed by atoms with E-state index in [2.05, 4.69) is 41.5 Å². The van der Waals surface area contributed by atoms with Crippen LogP contribution < -0.4 is 0 Å². The first-order valence-corrected chi connectivity index (χ1v) is 7.53. The Kier molecular flexibility index (Phi) is 9.07. The molecule has 0 aliphatic carbocycles. The average Bonchev–Trinajstić information content (AvgIpc) is 2.25. The molecule has 0 amide bonds. The van der Waals surface area contributed by atoms with Gasteiger partial charge in [-0.15, -0.1) is 0 Å². The molecule has 0 bridgehead atoms. The molecule has 0 heteroatoms. The highest BCUT2D eigenvalue weighted by Gasteiger charge is 2.16. The second kappa shape index (κ2) is 9.07. The molecular formula is C16H34. The molecule has 3 unspecified atom stereocenters. The van der Waals surface area contributed by atoms with Gasteiger partial charge in [-0.3, -0.25) is 0 Å². The van der Waals surface area contributed by atoms with Crippen LogP contribution in [0.4, 0.5) is 0 Å². The van der Waals surface area contributed by atoms with Gasteiger partial charge in [0.1, 0.15) is 0 Å². The topological polar surface area (TPSA) is 0 Å². The lowest BCUT2D eigenvalue weighted by molar-refractivity contribution is 0.269. The number of hydrogen-bond acceptors (Lipinski definition) is 0. The van der Waals surface area contributed by atoms with Crippen molar-refractivity contribution in [2.24, 2.45) is 23.7 Å². The van der Waals surface area contributed by atoms with Crippen molar-refractivity contribution in [1.29, 1.82) is 0 Å². The molecule has 3 atom stereocenters. The molecular weight excluding hydrogens is 192 g/mol. The van der Waals surface area contributed by atoms with Gasteiger partial charge in [0.15, 0.2) is 0 Å². The highest BCUT2D eigenvalue weighted by molar-refractivity contribution is 4.68. The van der Waals surface area contributed by atoms with Gasteiger partial charge in [-0.25, -0.2) is 0 Å². The van der Waals surface area contributed by atoms with Crippen molar-refractivity contribution in [3.05, 3.63) is 0 Å². The molecule has 0 heterocycles. The Morgan fingerprint density at radius 2 is 1.12 bits per heavy atom. The van der Waals surface area contributed by atoms with Crippen molar-refractivity contribution in [2.45, 2.75) is 80.1 Å². The van der Waals surface area contributed by atoms with E-state index in [0.29, 0.717) is 0 Å². The molecule has 16 heavy (non-hydrogen) atoms. The average molecular weight is 226 g/mol. The summed E-state index contributed by atoms with van der Waals surface area (Å²) in [6.45, 7) is 14.2. The van der Waals surface area contributed by atoms with Crippen molar-refractivity contribution in [3.8, 4) is 0 Å². The molecule has 0 saturated heterocycles. The maximum atomic E-state index is 2.41. The van der Waals surface area contributed by atoms with Crippen molar-refractivity contribution in [1.82, 2.24) is 0 Å². The van der Waals surface area contributed by atoms with Gasteiger partial charge >= 0.3 is 0 Å². The van der Waals surface area contributed by atoms with E-state index in [4.69, 9.17) is 0 Å². The van der Waals surface area contributed by atoms with E-state index in [1.807, 2.05) is 0 Å². The summed E-state index contributed by atoms with van der Waals surface area (Å²) in [4.78, 5) is 0. The summed E-state index contributed by atoms with van der Waals surface area (Å²) in [5.74, 6) is 3.72. The maximum Gasteiger partial charge on any atom is -0.0412 e. The van der Waals surface area contributed by atoms with Crippen LogP contribution in [-0.2, 0) is 0 Å². The Morgan fingerprint density at radius 1 is 0.625 bits per heavy atom. The Labute approximate surface area is 104 Å². The molecule has 0 aromatic rings. The fraction of sp³-hybridized carbons (Fsp3) is 1.00.